The number of hydrogen-bond acceptors (Lipinski definition) is 1. The van der Waals surface area contributed by atoms with E-state index in [1.165, 1.54) is 57.1 Å². The van der Waals surface area contributed by atoms with Gasteiger partial charge in [-0.05, 0) is 23.8 Å². The largest absolute Gasteiger partial charge is 0.149 e. The fourth-order valence-corrected chi connectivity index (χ4v) is 2.36. The smallest absolute Gasteiger partial charge is 0.0560 e. The lowest BCUT2D eigenvalue weighted by atomic mass is 10.1. The molecule has 15 heavy (non-hydrogen) atoms. The van der Waals surface area contributed by atoms with E-state index in [0.29, 0.717) is 0 Å². The Morgan fingerprint density at radius 2 is 1.53 bits per heavy atom. The summed E-state index contributed by atoms with van der Waals surface area (Å²) in [5.74, 6) is 4.98. The van der Waals surface area contributed by atoms with E-state index in [-0.39, 0.29) is 0 Å². The zero-order chi connectivity index (χ0) is 11.2. The normalized spacial score (nSPS) is 9.73. The van der Waals surface area contributed by atoms with Crippen LogP contribution >= 0.6 is 23.4 Å². The Bertz CT molecular complexity index is 169. The summed E-state index contributed by atoms with van der Waals surface area (Å²) < 4.78 is 0. The highest BCUT2D eigenvalue weighted by atomic mass is 35.5. The van der Waals surface area contributed by atoms with E-state index in [1.54, 1.807) is 0 Å². The standard InChI is InChI=1S/C13H23ClS/c1-2-3-4-5-6-7-8-9-12-15-13-10-11-14/h2-9,12-13H2,1H3. The highest BCUT2D eigenvalue weighted by Gasteiger charge is 1.91. The van der Waals surface area contributed by atoms with Crippen molar-refractivity contribution >= 4 is 23.4 Å². The Morgan fingerprint density at radius 3 is 2.13 bits per heavy atom. The molecule has 0 spiro atoms. The van der Waals surface area contributed by atoms with Crippen molar-refractivity contribution in [1.82, 2.24) is 0 Å². The van der Waals surface area contributed by atoms with Gasteiger partial charge in [0.15, 0.2) is 0 Å². The molecule has 0 rings (SSSR count). The van der Waals surface area contributed by atoms with Gasteiger partial charge in [-0.15, -0.1) is 11.8 Å². The minimum absolute atomic E-state index is 0.889. The first-order chi connectivity index (χ1) is 7.41. The number of rotatable bonds is 10. The van der Waals surface area contributed by atoms with Gasteiger partial charge < -0.3 is 0 Å². The van der Waals surface area contributed by atoms with Gasteiger partial charge in [-0.25, -0.2) is 0 Å². The van der Waals surface area contributed by atoms with Gasteiger partial charge in [0.1, 0.15) is 0 Å². The lowest BCUT2D eigenvalue weighted by molar-refractivity contribution is 0.586. The van der Waals surface area contributed by atoms with E-state index in [4.69, 9.17) is 11.6 Å². The van der Waals surface area contributed by atoms with Gasteiger partial charge in [-0.3, -0.25) is 0 Å². The molecule has 0 heterocycles. The highest BCUT2D eigenvalue weighted by Crippen LogP contribution is 2.10. The number of hydrogen-bond donors (Lipinski definition) is 0. The number of unbranched alkanes of at least 4 members (excludes halogenated alkanes) is 7. The molecule has 0 fully saturated rings. The van der Waals surface area contributed by atoms with Gasteiger partial charge in [0.25, 0.3) is 0 Å². The van der Waals surface area contributed by atoms with Gasteiger partial charge in [-0.2, -0.15) is 0 Å². The van der Waals surface area contributed by atoms with Crippen molar-refractivity contribution in [2.45, 2.75) is 58.3 Å². The maximum atomic E-state index is 5.25. The van der Waals surface area contributed by atoms with Gasteiger partial charge in [0.05, 0.1) is 5.75 Å². The van der Waals surface area contributed by atoms with Gasteiger partial charge in [0.2, 0.25) is 0 Å². The van der Waals surface area contributed by atoms with Crippen LogP contribution in [-0.4, -0.2) is 11.5 Å². The summed E-state index contributed by atoms with van der Waals surface area (Å²) in [4.78, 5) is 0. The Kier molecular flexibility index (Phi) is 14.4. The molecule has 0 amide bonds. The molecule has 0 N–H and O–H groups in total. The minimum atomic E-state index is 0.889. The Labute approximate surface area is 105 Å². The summed E-state index contributed by atoms with van der Waals surface area (Å²) in [6, 6.07) is 0. The summed E-state index contributed by atoms with van der Waals surface area (Å²) in [5.41, 5.74) is 0. The third-order valence-corrected chi connectivity index (χ3v) is 3.44. The number of halogens is 1. The maximum absolute atomic E-state index is 5.25. The molecular formula is C13H23ClS. The molecule has 0 aliphatic carbocycles. The zero-order valence-corrected chi connectivity index (χ0v) is 11.4. The molecule has 0 bridgehead atoms. The fourth-order valence-electron chi connectivity index (χ4n) is 1.49. The molecule has 0 unspecified atom stereocenters. The van der Waals surface area contributed by atoms with Gasteiger partial charge >= 0.3 is 0 Å². The molecule has 0 radical (unpaired) electrons. The molecule has 0 saturated heterocycles. The van der Waals surface area contributed by atoms with Crippen LogP contribution in [-0.2, 0) is 0 Å². The van der Waals surface area contributed by atoms with Gasteiger partial charge in [-0.1, -0.05) is 57.8 Å². The second-order valence-corrected chi connectivity index (χ2v) is 5.09. The molecular weight excluding hydrogens is 224 g/mol. The molecule has 0 nitrogen and oxygen atoms in total. The quantitative estimate of drug-likeness (QED) is 0.384. The monoisotopic (exact) mass is 246 g/mol. The highest BCUT2D eigenvalue weighted by molar-refractivity contribution is 7.99. The summed E-state index contributed by atoms with van der Waals surface area (Å²) in [6.45, 7) is 2.26. The van der Waals surface area contributed by atoms with Crippen LogP contribution in [0.5, 0.6) is 0 Å². The Balaban J connectivity index is 2.88. The van der Waals surface area contributed by atoms with Crippen molar-refractivity contribution in [2.24, 2.45) is 0 Å². The second kappa shape index (κ2) is 14.2. The third-order valence-electron chi connectivity index (χ3n) is 2.38. The van der Waals surface area contributed by atoms with E-state index in [1.807, 2.05) is 11.8 Å². The van der Waals surface area contributed by atoms with Crippen LogP contribution in [0.15, 0.2) is 0 Å². The van der Waals surface area contributed by atoms with E-state index in [2.05, 4.69) is 18.2 Å². The topological polar surface area (TPSA) is 0 Å². The van der Waals surface area contributed by atoms with Crippen LogP contribution in [0, 0.1) is 11.3 Å². The molecule has 0 aliphatic heterocycles. The Morgan fingerprint density at radius 1 is 0.933 bits per heavy atom. The van der Waals surface area contributed by atoms with E-state index < -0.39 is 0 Å². The number of thioether (sulfide) groups is 1. The van der Waals surface area contributed by atoms with E-state index in [9.17, 15) is 0 Å². The van der Waals surface area contributed by atoms with Crippen molar-refractivity contribution in [1.29, 1.82) is 0 Å². The average molecular weight is 247 g/mol. The summed E-state index contributed by atoms with van der Waals surface area (Å²) in [5, 5.41) is 2.40. The molecule has 0 aromatic carbocycles. The lowest BCUT2D eigenvalue weighted by Gasteiger charge is -2.00. The molecule has 0 aromatic heterocycles. The van der Waals surface area contributed by atoms with Crippen LogP contribution in [0.4, 0.5) is 0 Å². The van der Waals surface area contributed by atoms with Crippen LogP contribution in [0.25, 0.3) is 0 Å². The van der Waals surface area contributed by atoms with Crippen molar-refractivity contribution < 1.29 is 0 Å². The van der Waals surface area contributed by atoms with Crippen LogP contribution < -0.4 is 0 Å². The van der Waals surface area contributed by atoms with Crippen molar-refractivity contribution in [3.8, 4) is 11.3 Å². The molecule has 88 valence electrons. The Hall–Kier alpha value is 0.200. The molecule has 0 saturated carbocycles. The predicted molar refractivity (Wildman–Crippen MR) is 73.6 cm³/mol. The van der Waals surface area contributed by atoms with Crippen LogP contribution in [0.3, 0.4) is 0 Å². The first-order valence-corrected chi connectivity index (χ1v) is 7.61. The molecule has 0 aromatic rings. The van der Waals surface area contributed by atoms with Crippen molar-refractivity contribution in [3.63, 3.8) is 0 Å². The molecule has 0 atom stereocenters. The van der Waals surface area contributed by atoms with Crippen molar-refractivity contribution in [3.05, 3.63) is 0 Å². The average Bonchev–Trinajstić information content (AvgIpc) is 2.26. The SMILES string of the molecule is CCCCCCCCCCSCC#CCl. The van der Waals surface area contributed by atoms with Crippen LogP contribution in [0.2, 0.25) is 0 Å². The zero-order valence-electron chi connectivity index (χ0n) is 9.86. The first kappa shape index (κ1) is 15.2. The predicted octanol–water partition coefficient (Wildman–Crippen LogP) is 5.06. The fraction of sp³-hybridized carbons (Fsp3) is 0.846. The molecule has 0 aliphatic rings. The van der Waals surface area contributed by atoms with E-state index in [0.717, 1.165) is 5.75 Å². The van der Waals surface area contributed by atoms with Crippen molar-refractivity contribution in [2.75, 3.05) is 11.5 Å². The van der Waals surface area contributed by atoms with E-state index >= 15 is 0 Å². The minimum Gasteiger partial charge on any atom is -0.149 e. The lowest BCUT2D eigenvalue weighted by Crippen LogP contribution is -1.84. The third kappa shape index (κ3) is 14.2. The maximum Gasteiger partial charge on any atom is 0.0560 e. The summed E-state index contributed by atoms with van der Waals surface area (Å²) in [6.07, 6.45) is 11.2. The summed E-state index contributed by atoms with van der Waals surface area (Å²) >= 11 is 7.14. The molecule has 2 heteroatoms. The first-order valence-electron chi connectivity index (χ1n) is 6.08. The van der Waals surface area contributed by atoms with Crippen LogP contribution in [0.1, 0.15) is 58.3 Å². The van der Waals surface area contributed by atoms with Gasteiger partial charge in [0, 0.05) is 5.38 Å². The summed E-state index contributed by atoms with van der Waals surface area (Å²) in [7, 11) is 0. The second-order valence-electron chi connectivity index (χ2n) is 3.80.